The van der Waals surface area contributed by atoms with Gasteiger partial charge in [-0.25, -0.2) is 0 Å². The van der Waals surface area contributed by atoms with E-state index < -0.39 is 0 Å². The standard InChI is InChI=1S/C13H27N3O/c1-4-7-15-9-10-16(13(17)11-15)8-5-6-14-12(2)3/h12,14H,4-11H2,1-3H3. The molecule has 4 heteroatoms. The van der Waals surface area contributed by atoms with E-state index in [1.165, 1.54) is 0 Å². The van der Waals surface area contributed by atoms with Gasteiger partial charge >= 0.3 is 0 Å². The lowest BCUT2D eigenvalue weighted by atomic mass is 10.2. The van der Waals surface area contributed by atoms with Gasteiger partial charge in [-0.3, -0.25) is 9.69 Å². The lowest BCUT2D eigenvalue weighted by Crippen LogP contribution is -2.50. The summed E-state index contributed by atoms with van der Waals surface area (Å²) >= 11 is 0. The van der Waals surface area contributed by atoms with Crippen molar-refractivity contribution in [2.45, 2.75) is 39.7 Å². The van der Waals surface area contributed by atoms with E-state index in [0.29, 0.717) is 18.5 Å². The first-order valence-electron chi connectivity index (χ1n) is 6.87. The highest BCUT2D eigenvalue weighted by molar-refractivity contribution is 5.79. The minimum absolute atomic E-state index is 0.300. The highest BCUT2D eigenvalue weighted by Crippen LogP contribution is 2.04. The van der Waals surface area contributed by atoms with Gasteiger partial charge < -0.3 is 10.2 Å². The van der Waals surface area contributed by atoms with Crippen LogP contribution in [0.2, 0.25) is 0 Å². The molecule has 0 radical (unpaired) electrons. The molecule has 0 aromatic heterocycles. The summed E-state index contributed by atoms with van der Waals surface area (Å²) in [5, 5.41) is 3.38. The summed E-state index contributed by atoms with van der Waals surface area (Å²) in [6.07, 6.45) is 2.18. The first-order valence-corrected chi connectivity index (χ1v) is 6.87. The number of nitrogens with zero attached hydrogens (tertiary/aromatic N) is 2. The zero-order chi connectivity index (χ0) is 12.7. The Morgan fingerprint density at radius 3 is 2.65 bits per heavy atom. The zero-order valence-electron chi connectivity index (χ0n) is 11.5. The van der Waals surface area contributed by atoms with Crippen molar-refractivity contribution in [3.63, 3.8) is 0 Å². The summed E-state index contributed by atoms with van der Waals surface area (Å²) in [5.74, 6) is 0.300. The third-order valence-electron chi connectivity index (χ3n) is 3.09. The van der Waals surface area contributed by atoms with Crippen LogP contribution in [0.1, 0.15) is 33.6 Å². The molecule has 1 rings (SSSR count). The molecule has 1 aliphatic rings. The van der Waals surface area contributed by atoms with Crippen LogP contribution >= 0.6 is 0 Å². The normalized spacial score (nSPS) is 18.1. The Kier molecular flexibility index (Phi) is 6.52. The predicted octanol–water partition coefficient (Wildman–Crippen LogP) is 0.929. The second-order valence-corrected chi connectivity index (χ2v) is 5.12. The van der Waals surface area contributed by atoms with Gasteiger partial charge in [-0.1, -0.05) is 20.8 Å². The molecule has 0 spiro atoms. The van der Waals surface area contributed by atoms with E-state index in [1.807, 2.05) is 4.90 Å². The molecule has 0 atom stereocenters. The zero-order valence-corrected chi connectivity index (χ0v) is 11.5. The molecule has 17 heavy (non-hydrogen) atoms. The van der Waals surface area contributed by atoms with Crippen LogP contribution in [-0.4, -0.2) is 61.0 Å². The van der Waals surface area contributed by atoms with Gasteiger partial charge in [0, 0.05) is 25.7 Å². The molecule has 1 aliphatic heterocycles. The number of carbonyl (C=O) groups is 1. The van der Waals surface area contributed by atoms with E-state index >= 15 is 0 Å². The third-order valence-corrected chi connectivity index (χ3v) is 3.09. The summed E-state index contributed by atoms with van der Waals surface area (Å²) in [4.78, 5) is 16.1. The van der Waals surface area contributed by atoms with E-state index in [-0.39, 0.29) is 0 Å². The predicted molar refractivity (Wildman–Crippen MR) is 71.1 cm³/mol. The van der Waals surface area contributed by atoms with E-state index in [0.717, 1.165) is 45.6 Å². The Hall–Kier alpha value is -0.610. The van der Waals surface area contributed by atoms with Crippen LogP contribution in [0.3, 0.4) is 0 Å². The molecule has 1 N–H and O–H groups in total. The molecule has 0 saturated carbocycles. The maximum absolute atomic E-state index is 11.9. The Balaban J connectivity index is 2.16. The minimum atomic E-state index is 0.300. The van der Waals surface area contributed by atoms with E-state index in [1.54, 1.807) is 0 Å². The van der Waals surface area contributed by atoms with Gasteiger partial charge in [0.2, 0.25) is 5.91 Å². The fraction of sp³-hybridized carbons (Fsp3) is 0.923. The van der Waals surface area contributed by atoms with Crippen LogP contribution in [0.25, 0.3) is 0 Å². The minimum Gasteiger partial charge on any atom is -0.340 e. The summed E-state index contributed by atoms with van der Waals surface area (Å²) in [6.45, 7) is 12.0. The van der Waals surface area contributed by atoms with Crippen LogP contribution < -0.4 is 5.32 Å². The highest BCUT2D eigenvalue weighted by Gasteiger charge is 2.22. The maximum Gasteiger partial charge on any atom is 0.236 e. The van der Waals surface area contributed by atoms with Crippen molar-refractivity contribution in [1.82, 2.24) is 15.1 Å². The molecule has 0 bridgehead atoms. The summed E-state index contributed by atoms with van der Waals surface area (Å²) < 4.78 is 0. The van der Waals surface area contributed by atoms with Crippen molar-refractivity contribution < 1.29 is 4.79 Å². The summed E-state index contributed by atoms with van der Waals surface area (Å²) in [5.41, 5.74) is 0. The molecule has 1 fully saturated rings. The van der Waals surface area contributed by atoms with Gasteiger partial charge in [0.1, 0.15) is 0 Å². The van der Waals surface area contributed by atoms with Crippen molar-refractivity contribution >= 4 is 5.91 Å². The fourth-order valence-corrected chi connectivity index (χ4v) is 2.16. The molecule has 4 nitrogen and oxygen atoms in total. The molecular weight excluding hydrogens is 214 g/mol. The quantitative estimate of drug-likeness (QED) is 0.674. The molecule has 1 saturated heterocycles. The first-order chi connectivity index (χ1) is 8.13. The van der Waals surface area contributed by atoms with Crippen LogP contribution in [0.15, 0.2) is 0 Å². The Morgan fingerprint density at radius 2 is 2.06 bits per heavy atom. The number of rotatable bonds is 7. The lowest BCUT2D eigenvalue weighted by molar-refractivity contribution is -0.136. The molecule has 100 valence electrons. The van der Waals surface area contributed by atoms with Gasteiger partial charge in [-0.05, 0) is 25.9 Å². The fourth-order valence-electron chi connectivity index (χ4n) is 2.16. The number of amides is 1. The van der Waals surface area contributed by atoms with E-state index in [2.05, 4.69) is 31.0 Å². The molecule has 0 aromatic rings. The van der Waals surface area contributed by atoms with Crippen LogP contribution in [0.4, 0.5) is 0 Å². The maximum atomic E-state index is 11.9. The lowest BCUT2D eigenvalue weighted by Gasteiger charge is -2.34. The Morgan fingerprint density at radius 1 is 1.29 bits per heavy atom. The van der Waals surface area contributed by atoms with Crippen molar-refractivity contribution in [2.24, 2.45) is 0 Å². The highest BCUT2D eigenvalue weighted by atomic mass is 16.2. The molecule has 0 aliphatic carbocycles. The van der Waals surface area contributed by atoms with Crippen LogP contribution in [-0.2, 0) is 4.79 Å². The monoisotopic (exact) mass is 241 g/mol. The van der Waals surface area contributed by atoms with Crippen molar-refractivity contribution in [3.8, 4) is 0 Å². The van der Waals surface area contributed by atoms with Gasteiger partial charge in [0.15, 0.2) is 0 Å². The molecule has 1 heterocycles. The number of nitrogens with one attached hydrogen (secondary N) is 1. The second-order valence-electron chi connectivity index (χ2n) is 5.12. The topological polar surface area (TPSA) is 35.6 Å². The third kappa shape index (κ3) is 5.50. The summed E-state index contributed by atoms with van der Waals surface area (Å²) in [6, 6.07) is 0.534. The van der Waals surface area contributed by atoms with E-state index in [9.17, 15) is 4.79 Å². The molecule has 1 amide bonds. The Labute approximate surface area is 105 Å². The molecule has 0 aromatic carbocycles. The average Bonchev–Trinajstić information content (AvgIpc) is 2.27. The summed E-state index contributed by atoms with van der Waals surface area (Å²) in [7, 11) is 0. The number of hydrogen-bond donors (Lipinski definition) is 1. The first kappa shape index (κ1) is 14.5. The molecule has 0 unspecified atom stereocenters. The van der Waals surface area contributed by atoms with Crippen LogP contribution in [0, 0.1) is 0 Å². The smallest absolute Gasteiger partial charge is 0.236 e. The number of hydrogen-bond acceptors (Lipinski definition) is 3. The second kappa shape index (κ2) is 7.67. The largest absolute Gasteiger partial charge is 0.340 e. The van der Waals surface area contributed by atoms with Crippen molar-refractivity contribution in [2.75, 3.05) is 39.3 Å². The molecular formula is C13H27N3O. The average molecular weight is 241 g/mol. The number of carbonyl (C=O) groups excluding carboxylic acids is 1. The van der Waals surface area contributed by atoms with Crippen molar-refractivity contribution in [1.29, 1.82) is 0 Å². The van der Waals surface area contributed by atoms with E-state index in [4.69, 9.17) is 0 Å². The van der Waals surface area contributed by atoms with Gasteiger partial charge in [0.25, 0.3) is 0 Å². The van der Waals surface area contributed by atoms with Gasteiger partial charge in [-0.15, -0.1) is 0 Å². The van der Waals surface area contributed by atoms with Crippen LogP contribution in [0.5, 0.6) is 0 Å². The SMILES string of the molecule is CCCN1CCN(CCCNC(C)C)C(=O)C1. The van der Waals surface area contributed by atoms with Crippen molar-refractivity contribution in [3.05, 3.63) is 0 Å². The Bertz CT molecular complexity index is 231. The van der Waals surface area contributed by atoms with Gasteiger partial charge in [0.05, 0.1) is 6.54 Å². The number of piperazine rings is 1. The van der Waals surface area contributed by atoms with Gasteiger partial charge in [-0.2, -0.15) is 0 Å².